The van der Waals surface area contributed by atoms with E-state index in [4.69, 9.17) is 9.90 Å². The highest BCUT2D eigenvalue weighted by molar-refractivity contribution is 5.62. The van der Waals surface area contributed by atoms with E-state index in [0.717, 1.165) is 7.05 Å². The molecule has 3 nitrogen and oxygen atoms in total. The van der Waals surface area contributed by atoms with Crippen LogP contribution in [0.3, 0.4) is 0 Å². The molecule has 1 radical (unpaired) electrons. The molecule has 6 heavy (non-hydrogen) atoms. The molecule has 0 bridgehead atoms. The molecule has 4 heteroatoms. The fourth-order valence-electron chi connectivity index (χ4n) is 0. The van der Waals surface area contributed by atoms with Gasteiger partial charge in [-0.1, -0.05) is 4.48 Å². The van der Waals surface area contributed by atoms with Gasteiger partial charge in [-0.3, -0.25) is 0 Å². The Morgan fingerprint density at radius 1 is 1.83 bits per heavy atom. The van der Waals surface area contributed by atoms with Gasteiger partial charge < -0.3 is 0 Å². The summed E-state index contributed by atoms with van der Waals surface area (Å²) in [5, 5.41) is 8.61. The predicted molar refractivity (Wildman–Crippen MR) is 15.0 cm³/mol. The number of halogens is 1. The SMILES string of the molecule is CN(F)C([O])=O. The van der Waals surface area contributed by atoms with Gasteiger partial charge in [0, 0.05) is 7.05 Å². The third-order valence-corrected chi connectivity index (χ3v) is 0.252. The Balaban J connectivity index is 3.26. The fourth-order valence-corrected chi connectivity index (χ4v) is 0. The highest BCUT2D eigenvalue weighted by Gasteiger charge is 2.01. The topological polar surface area (TPSA) is 40.2 Å². The van der Waals surface area contributed by atoms with Crippen molar-refractivity contribution in [2.24, 2.45) is 0 Å². The van der Waals surface area contributed by atoms with Gasteiger partial charge in [-0.15, -0.1) is 5.12 Å². The Kier molecular flexibility index (Phi) is 1.38. The van der Waals surface area contributed by atoms with Crippen molar-refractivity contribution in [3.63, 3.8) is 0 Å². The van der Waals surface area contributed by atoms with E-state index in [9.17, 15) is 4.48 Å². The summed E-state index contributed by atoms with van der Waals surface area (Å²) in [6, 6.07) is 0. The molecule has 35 valence electrons. The van der Waals surface area contributed by atoms with E-state index in [0.29, 0.717) is 0 Å². The maximum absolute atomic E-state index is 11.0. The zero-order valence-corrected chi connectivity index (χ0v) is 3.14. The summed E-state index contributed by atoms with van der Waals surface area (Å²) < 4.78 is 11.0. The monoisotopic (exact) mass is 92.0 g/mol. The van der Waals surface area contributed by atoms with Crippen molar-refractivity contribution >= 4 is 6.09 Å². The molecule has 0 heterocycles. The first-order chi connectivity index (χ1) is 2.64. The first-order valence-electron chi connectivity index (χ1n) is 1.25. The summed E-state index contributed by atoms with van der Waals surface area (Å²) in [6.07, 6.45) is -1.82. The largest absolute Gasteiger partial charge is 0.480 e. The summed E-state index contributed by atoms with van der Waals surface area (Å²) in [4.78, 5) is 9.14. The van der Waals surface area contributed by atoms with Gasteiger partial charge in [0.25, 0.3) is 0 Å². The lowest BCUT2D eigenvalue weighted by Crippen LogP contribution is -2.11. The number of carbonyl (C=O) groups is 1. The maximum atomic E-state index is 11.0. The number of hydrogen-bond donors (Lipinski definition) is 0. The van der Waals surface area contributed by atoms with Crippen LogP contribution in [0.2, 0.25) is 0 Å². The van der Waals surface area contributed by atoms with E-state index in [1.807, 2.05) is 0 Å². The van der Waals surface area contributed by atoms with E-state index in [1.165, 1.54) is 0 Å². The molecule has 0 spiro atoms. The van der Waals surface area contributed by atoms with Crippen molar-refractivity contribution in [3.8, 4) is 0 Å². The lowest BCUT2D eigenvalue weighted by Gasteiger charge is -1.89. The van der Waals surface area contributed by atoms with Gasteiger partial charge in [0.1, 0.15) is 0 Å². The van der Waals surface area contributed by atoms with Gasteiger partial charge in [-0.25, -0.2) is 9.90 Å². The molecule has 0 aromatic rings. The van der Waals surface area contributed by atoms with E-state index >= 15 is 0 Å². The molecule has 1 amide bonds. The molecular weight excluding hydrogens is 89.0 g/mol. The van der Waals surface area contributed by atoms with Crippen LogP contribution in [0.4, 0.5) is 9.28 Å². The third kappa shape index (κ3) is 1.51. The van der Waals surface area contributed by atoms with Crippen molar-refractivity contribution < 1.29 is 14.4 Å². The number of hydrogen-bond acceptors (Lipinski definition) is 1. The molecule has 0 unspecified atom stereocenters. The molecular formula is C2H3FNO2. The van der Waals surface area contributed by atoms with E-state index in [1.54, 1.807) is 0 Å². The van der Waals surface area contributed by atoms with Gasteiger partial charge >= 0.3 is 6.09 Å². The highest BCUT2D eigenvalue weighted by atomic mass is 19.2. The standard InChI is InChI=1S/C2H3FNO2/c1-4(3)2(5)6/h1H3. The summed E-state index contributed by atoms with van der Waals surface area (Å²) in [7, 11) is 0.745. The zero-order chi connectivity index (χ0) is 5.15. The molecule has 0 saturated heterocycles. The Morgan fingerprint density at radius 2 is 2.00 bits per heavy atom. The molecule has 0 aromatic carbocycles. The Labute approximate surface area is 33.9 Å². The minimum absolute atomic E-state index is 0.528. The van der Waals surface area contributed by atoms with E-state index in [-0.39, 0.29) is 0 Å². The highest BCUT2D eigenvalue weighted by Crippen LogP contribution is 1.79. The second kappa shape index (κ2) is 1.59. The van der Waals surface area contributed by atoms with Crippen LogP contribution >= 0.6 is 0 Å². The van der Waals surface area contributed by atoms with Crippen molar-refractivity contribution in [2.45, 2.75) is 0 Å². The normalized spacial score (nSPS) is 7.67. The Morgan fingerprint density at radius 3 is 2.00 bits per heavy atom. The third-order valence-electron chi connectivity index (χ3n) is 0.252. The predicted octanol–water partition coefficient (Wildman–Crippen LogP) is 0.353. The van der Waals surface area contributed by atoms with Crippen molar-refractivity contribution in [1.29, 1.82) is 0 Å². The minimum atomic E-state index is -1.82. The van der Waals surface area contributed by atoms with E-state index in [2.05, 4.69) is 0 Å². The van der Waals surface area contributed by atoms with Crippen molar-refractivity contribution in [3.05, 3.63) is 0 Å². The van der Waals surface area contributed by atoms with Crippen LogP contribution in [0.15, 0.2) is 0 Å². The molecule has 0 aliphatic rings. The van der Waals surface area contributed by atoms with Gasteiger partial charge in [-0.05, 0) is 0 Å². The van der Waals surface area contributed by atoms with Gasteiger partial charge in [0.05, 0.1) is 0 Å². The fraction of sp³-hybridized carbons (Fsp3) is 0.500. The van der Waals surface area contributed by atoms with E-state index < -0.39 is 11.2 Å². The smallest absolute Gasteiger partial charge is 0.218 e. The molecule has 0 N–H and O–H groups in total. The quantitative estimate of drug-likeness (QED) is 0.397. The zero-order valence-electron chi connectivity index (χ0n) is 3.14. The average Bonchev–Trinajstić information content (AvgIpc) is 1.36. The first kappa shape index (κ1) is 5.20. The Bertz CT molecular complexity index is 62.6. The number of amides is 1. The van der Waals surface area contributed by atoms with Crippen LogP contribution in [0.5, 0.6) is 0 Å². The number of rotatable bonds is 0. The molecule has 0 saturated carbocycles. The van der Waals surface area contributed by atoms with Gasteiger partial charge in [0.15, 0.2) is 0 Å². The van der Waals surface area contributed by atoms with Crippen molar-refractivity contribution in [1.82, 2.24) is 5.12 Å². The van der Waals surface area contributed by atoms with Crippen LogP contribution in [-0.4, -0.2) is 18.3 Å². The van der Waals surface area contributed by atoms with Gasteiger partial charge in [-0.2, -0.15) is 0 Å². The lowest BCUT2D eigenvalue weighted by molar-refractivity contribution is 0.0383. The molecule has 0 aliphatic carbocycles. The molecule has 0 atom stereocenters. The number of carbonyl (C=O) groups excluding carboxylic acids is 1. The average molecular weight is 92.0 g/mol. The van der Waals surface area contributed by atoms with Crippen LogP contribution < -0.4 is 0 Å². The van der Waals surface area contributed by atoms with Crippen LogP contribution in [0.25, 0.3) is 0 Å². The molecule has 0 fully saturated rings. The maximum Gasteiger partial charge on any atom is 0.480 e. The van der Waals surface area contributed by atoms with Crippen LogP contribution in [0, 0.1) is 0 Å². The molecule has 0 aliphatic heterocycles. The summed E-state index contributed by atoms with van der Waals surface area (Å²) >= 11 is 0. The second-order valence-corrected chi connectivity index (χ2v) is 0.743. The Hall–Kier alpha value is -0.800. The van der Waals surface area contributed by atoms with Crippen LogP contribution in [-0.2, 0) is 5.11 Å². The molecule has 0 aromatic heterocycles. The van der Waals surface area contributed by atoms with Gasteiger partial charge in [0.2, 0.25) is 0 Å². The summed E-state index contributed by atoms with van der Waals surface area (Å²) in [5.41, 5.74) is 0. The lowest BCUT2D eigenvalue weighted by atomic mass is 11.1. The van der Waals surface area contributed by atoms with Crippen LogP contribution in [0.1, 0.15) is 0 Å². The summed E-state index contributed by atoms with van der Waals surface area (Å²) in [6.45, 7) is 0. The minimum Gasteiger partial charge on any atom is -0.218 e. The number of nitrogens with zero attached hydrogens (tertiary/aromatic N) is 1. The molecule has 0 rings (SSSR count). The second-order valence-electron chi connectivity index (χ2n) is 0.743. The van der Waals surface area contributed by atoms with Crippen molar-refractivity contribution in [2.75, 3.05) is 7.05 Å². The summed E-state index contributed by atoms with van der Waals surface area (Å²) in [5.74, 6) is 0. The first-order valence-corrected chi connectivity index (χ1v) is 1.25.